The minimum absolute atomic E-state index is 0.0973. The molecule has 4 aromatic rings. The fourth-order valence-corrected chi connectivity index (χ4v) is 3.79. The number of hydrogen-bond acceptors (Lipinski definition) is 6. The first kappa shape index (κ1) is 42.2. The van der Waals surface area contributed by atoms with Crippen molar-refractivity contribution in [2.75, 3.05) is 14.2 Å². The van der Waals surface area contributed by atoms with Gasteiger partial charge in [-0.05, 0) is 70.8 Å². The third-order valence-electron chi connectivity index (χ3n) is 5.96. The topological polar surface area (TPSA) is 115 Å². The Morgan fingerprint density at radius 1 is 0.596 bits per heavy atom. The third-order valence-corrected chi connectivity index (χ3v) is 5.96. The number of benzene rings is 4. The zero-order valence-corrected chi connectivity index (χ0v) is 35.4. The van der Waals surface area contributed by atoms with Crippen LogP contribution < -0.4 is 22.7 Å². The molecule has 0 fully saturated rings. The van der Waals surface area contributed by atoms with Crippen LogP contribution in [0.2, 0.25) is 0 Å². The molecule has 8 nitrogen and oxygen atoms in total. The summed E-state index contributed by atoms with van der Waals surface area (Å²) < 4.78 is 10.2. The predicted octanol–water partition coefficient (Wildman–Crippen LogP) is 7.97. The molecule has 4 aromatic carbocycles. The van der Waals surface area contributed by atoms with Crippen LogP contribution in [0.25, 0.3) is 32.2 Å². The molecule has 0 saturated heterocycles. The Kier molecular flexibility index (Phi) is 21.8. The summed E-state index contributed by atoms with van der Waals surface area (Å²) in [5.41, 5.74) is 3.57. The van der Waals surface area contributed by atoms with Gasteiger partial charge in [-0.3, -0.25) is 0 Å². The minimum Gasteiger partial charge on any atom is -0.508 e. The summed E-state index contributed by atoms with van der Waals surface area (Å²) in [6.07, 6.45) is 0. The van der Waals surface area contributed by atoms with Crippen molar-refractivity contribution in [2.24, 2.45) is 0 Å². The van der Waals surface area contributed by atoms with Gasteiger partial charge in [0.15, 0.2) is 0 Å². The molecule has 4 rings (SSSR count). The van der Waals surface area contributed by atoms with Crippen LogP contribution in [-0.2, 0) is 0 Å². The zero-order valence-electron chi connectivity index (χ0n) is 24.6. The molecule has 2 N–H and O–H groups in total. The first-order chi connectivity index (χ1) is 22.8. The molecule has 0 spiro atoms. The Morgan fingerprint density at radius 3 is 1.11 bits per heavy atom. The average Bonchev–Trinajstić information content (AvgIpc) is 3.12. The predicted molar refractivity (Wildman–Crippen MR) is 216 cm³/mol. The second-order valence-corrected chi connectivity index (χ2v) is 24.7. The van der Waals surface area contributed by atoms with Crippen molar-refractivity contribution in [1.29, 1.82) is 10.5 Å². The van der Waals surface area contributed by atoms with Crippen LogP contribution >= 0.6 is 74.5 Å². The quantitative estimate of drug-likeness (QED) is 0.0877. The summed E-state index contributed by atoms with van der Waals surface area (Å²) in [5.74, 6) is 1.60. The van der Waals surface area contributed by atoms with Crippen LogP contribution in [0.1, 0.15) is 22.3 Å². The van der Waals surface area contributed by atoms with Gasteiger partial charge in [0.25, 0.3) is 0 Å². The minimum atomic E-state index is 0.0973. The fourth-order valence-electron chi connectivity index (χ4n) is 3.79. The monoisotopic (exact) mass is 1190 g/mol. The van der Waals surface area contributed by atoms with E-state index >= 15 is 0 Å². The van der Waals surface area contributed by atoms with E-state index in [0.29, 0.717) is 58.3 Å². The molecule has 0 aliphatic heterocycles. The summed E-state index contributed by atoms with van der Waals surface area (Å²) >= 11 is 9.54. The summed E-state index contributed by atoms with van der Waals surface area (Å²) in [4.78, 5) is 6.96. The molecule has 0 saturated carbocycles. The number of halogens is 5. The SMILES string of the molecule is II.I[I-]I.[C-]#[N+]/C(=C(/C#N)c1ccc(O)cc1)c1ccc(O)cc1.[C-]#[N+]/C(=C(/C#N)c1ccc(OC)cc1)c1ccc(OC)cc1. The number of rotatable bonds is 6. The van der Waals surface area contributed by atoms with Crippen molar-refractivity contribution in [1.82, 2.24) is 0 Å². The molecule has 13 heteroatoms. The molecule has 0 heterocycles. The summed E-state index contributed by atoms with van der Waals surface area (Å²) in [6, 6.07) is 30.5. The average molecular weight is 1190 g/mol. The second kappa shape index (κ2) is 24.3. The molecule has 0 aromatic heterocycles. The first-order valence-electron chi connectivity index (χ1n) is 12.7. The number of phenols is 2. The summed E-state index contributed by atoms with van der Waals surface area (Å²) in [5, 5.41) is 37.3. The van der Waals surface area contributed by atoms with Crippen LogP contribution in [0.3, 0.4) is 0 Å². The Hall–Kier alpha value is -2.83. The maximum Gasteiger partial charge on any atom is 0.212 e. The van der Waals surface area contributed by atoms with E-state index in [1.807, 2.05) is 6.07 Å². The number of phenolic OH excluding ortho intramolecular Hbond substituents is 2. The van der Waals surface area contributed by atoms with Gasteiger partial charge in [-0.25, -0.2) is 9.69 Å². The van der Waals surface area contributed by atoms with E-state index in [1.54, 1.807) is 87.0 Å². The molecule has 0 unspecified atom stereocenters. The summed E-state index contributed by atoms with van der Waals surface area (Å²) in [7, 11) is 3.16. The van der Waals surface area contributed by atoms with E-state index in [0.717, 1.165) is 0 Å². The van der Waals surface area contributed by atoms with Crippen molar-refractivity contribution >= 4 is 97.0 Å². The maximum atomic E-state index is 9.46. The Bertz CT molecular complexity index is 1670. The van der Waals surface area contributed by atoms with Crippen LogP contribution in [0.5, 0.6) is 23.0 Å². The van der Waals surface area contributed by atoms with Gasteiger partial charge >= 0.3 is 50.5 Å². The molecule has 0 aliphatic carbocycles. The van der Waals surface area contributed by atoms with Gasteiger partial charge in [0.05, 0.1) is 50.6 Å². The van der Waals surface area contributed by atoms with Crippen molar-refractivity contribution in [3.63, 3.8) is 0 Å². The van der Waals surface area contributed by atoms with Gasteiger partial charge in [0.1, 0.15) is 23.0 Å². The Balaban J connectivity index is 0.000000415. The molecule has 47 heavy (non-hydrogen) atoms. The van der Waals surface area contributed by atoms with E-state index in [9.17, 15) is 20.7 Å². The van der Waals surface area contributed by atoms with Gasteiger partial charge in [0.2, 0.25) is 11.4 Å². The van der Waals surface area contributed by atoms with Crippen molar-refractivity contribution in [3.05, 3.63) is 142 Å². The maximum absolute atomic E-state index is 9.46. The molecule has 0 radical (unpaired) electrons. The number of hydrogen-bond donors (Lipinski definition) is 2. The largest absolute Gasteiger partial charge is 0.508 e. The number of methoxy groups -OCH3 is 2. The molecule has 0 bridgehead atoms. The first-order valence-corrected chi connectivity index (χ1v) is 31.6. The standard InChI is InChI=1S/C18H14N2O2.C16H10N2O2.I3.I2/c1-20-18(14-6-10-16(22-3)11-7-14)17(12-19)13-4-8-15(21-2)9-5-13;1-18-16(12-4-8-14(20)9-5-12)15(10-17)11-2-6-13(19)7-3-11;1-3-2;1-2/h4-11H,2-3H3;2-9,19-20H;;/q;;-1;/b18-17-;16-15-;;. The second-order valence-electron chi connectivity index (χ2n) is 8.50. The zero-order chi connectivity index (χ0) is 35.2. The van der Waals surface area contributed by atoms with Crippen molar-refractivity contribution in [3.8, 4) is 35.1 Å². The van der Waals surface area contributed by atoms with Crippen molar-refractivity contribution in [2.45, 2.75) is 0 Å². The van der Waals surface area contributed by atoms with E-state index in [-0.39, 0.29) is 22.8 Å². The fraction of sp³-hybridized carbons (Fsp3) is 0.0588. The number of nitrogens with zero attached hydrogens (tertiary/aromatic N) is 4. The molecule has 0 atom stereocenters. The molecular formula is C34H24I5N4O4-. The van der Waals surface area contributed by atoms with Gasteiger partial charge in [-0.2, -0.15) is 10.5 Å². The van der Waals surface area contributed by atoms with Crippen LogP contribution in [0.4, 0.5) is 0 Å². The van der Waals surface area contributed by atoms with Crippen LogP contribution in [0, 0.1) is 35.8 Å². The van der Waals surface area contributed by atoms with E-state index in [2.05, 4.69) is 90.2 Å². The smallest absolute Gasteiger partial charge is 0.212 e. The Morgan fingerprint density at radius 2 is 0.851 bits per heavy atom. The van der Waals surface area contributed by atoms with Crippen LogP contribution in [-0.4, -0.2) is 24.4 Å². The normalized spacial score (nSPS) is 10.4. The van der Waals surface area contributed by atoms with Gasteiger partial charge in [-0.15, -0.1) is 0 Å². The number of aromatic hydroxyl groups is 2. The van der Waals surface area contributed by atoms with E-state index in [4.69, 9.17) is 22.6 Å². The Labute approximate surface area is 327 Å². The van der Waals surface area contributed by atoms with Gasteiger partial charge in [0, 0.05) is 37.2 Å². The van der Waals surface area contributed by atoms with Crippen molar-refractivity contribution < 1.29 is 32.9 Å². The van der Waals surface area contributed by atoms with Gasteiger partial charge in [-0.1, -0.05) is 48.5 Å². The van der Waals surface area contributed by atoms with Gasteiger partial charge < -0.3 is 19.7 Å². The molecule has 240 valence electrons. The number of ether oxygens (including phenoxy) is 2. The molecule has 0 aliphatic rings. The third kappa shape index (κ3) is 13.7. The molecule has 0 amide bonds. The molecular weight excluding hydrogens is 1160 g/mol. The summed E-state index contributed by atoms with van der Waals surface area (Å²) in [6.45, 7) is 14.7. The number of allylic oxidation sites excluding steroid dienone is 2. The van der Waals surface area contributed by atoms with E-state index in [1.165, 1.54) is 24.3 Å². The van der Waals surface area contributed by atoms with Crippen LogP contribution in [0.15, 0.2) is 97.1 Å². The number of nitriles is 2. The van der Waals surface area contributed by atoms with E-state index < -0.39 is 0 Å².